The number of methoxy groups -OCH3 is 2. The summed E-state index contributed by atoms with van der Waals surface area (Å²) in [4.78, 5) is 39.0. The van der Waals surface area contributed by atoms with Gasteiger partial charge in [0, 0.05) is 25.2 Å². The Bertz CT molecular complexity index is 699. The predicted octanol–water partition coefficient (Wildman–Crippen LogP) is 1.25. The number of amides is 5. The number of ether oxygens (including phenoxy) is 2. The monoisotopic (exact) mass is 362 g/mol. The number of carbonyl (C=O) groups excluding carboxylic acids is 3. The fourth-order valence-electron chi connectivity index (χ4n) is 3.23. The first kappa shape index (κ1) is 17.8. The highest BCUT2D eigenvalue weighted by atomic mass is 16.5. The van der Waals surface area contributed by atoms with Crippen molar-refractivity contribution >= 4 is 23.7 Å². The Kier molecular flexibility index (Phi) is 5.15. The molecule has 9 heteroatoms. The van der Waals surface area contributed by atoms with Crippen molar-refractivity contribution in [1.29, 1.82) is 0 Å². The van der Waals surface area contributed by atoms with Crippen LogP contribution in [0.2, 0.25) is 0 Å². The molecule has 26 heavy (non-hydrogen) atoms. The number of rotatable bonds is 4. The van der Waals surface area contributed by atoms with Gasteiger partial charge in [0.2, 0.25) is 5.91 Å². The van der Waals surface area contributed by atoms with E-state index in [9.17, 15) is 14.4 Å². The van der Waals surface area contributed by atoms with Crippen LogP contribution in [0.25, 0.3) is 0 Å². The molecular formula is C17H22N4O5. The summed E-state index contributed by atoms with van der Waals surface area (Å²) in [6.45, 7) is 0.981. The lowest BCUT2D eigenvalue weighted by Crippen LogP contribution is -2.49. The summed E-state index contributed by atoms with van der Waals surface area (Å²) in [6.07, 6.45) is 1.12. The number of hydrogen-bond acceptors (Lipinski definition) is 5. The van der Waals surface area contributed by atoms with Crippen LogP contribution in [0.4, 0.5) is 15.3 Å². The highest BCUT2D eigenvalue weighted by molar-refractivity contribution is 6.02. The molecule has 5 amide bonds. The Morgan fingerprint density at radius 2 is 1.92 bits per heavy atom. The summed E-state index contributed by atoms with van der Waals surface area (Å²) in [5, 5.41) is 5.36. The van der Waals surface area contributed by atoms with Gasteiger partial charge in [0.05, 0.1) is 26.5 Å². The molecule has 0 spiro atoms. The number of benzene rings is 1. The van der Waals surface area contributed by atoms with Crippen LogP contribution in [0.1, 0.15) is 12.8 Å². The highest BCUT2D eigenvalue weighted by Gasteiger charge is 2.37. The zero-order valence-corrected chi connectivity index (χ0v) is 14.8. The second-order valence-corrected chi connectivity index (χ2v) is 6.14. The van der Waals surface area contributed by atoms with Gasteiger partial charge >= 0.3 is 12.1 Å². The summed E-state index contributed by atoms with van der Waals surface area (Å²) in [6, 6.07) is 4.39. The predicted molar refractivity (Wildman–Crippen MR) is 93.4 cm³/mol. The molecule has 2 heterocycles. The Balaban J connectivity index is 1.59. The largest absolute Gasteiger partial charge is 0.497 e. The van der Waals surface area contributed by atoms with E-state index >= 15 is 0 Å². The maximum atomic E-state index is 12.5. The number of likely N-dealkylation sites (tertiary alicyclic amines) is 1. The first-order valence-corrected chi connectivity index (χ1v) is 8.41. The molecule has 140 valence electrons. The minimum Gasteiger partial charge on any atom is -0.497 e. The molecule has 0 bridgehead atoms. The van der Waals surface area contributed by atoms with Crippen LogP contribution in [0.5, 0.6) is 11.5 Å². The summed E-state index contributed by atoms with van der Waals surface area (Å²) in [5.74, 6) is 0.932. The second kappa shape index (κ2) is 7.51. The highest BCUT2D eigenvalue weighted by Crippen LogP contribution is 2.29. The van der Waals surface area contributed by atoms with Crippen molar-refractivity contribution in [2.45, 2.75) is 18.9 Å². The van der Waals surface area contributed by atoms with E-state index in [-0.39, 0.29) is 30.6 Å². The topological polar surface area (TPSA) is 100 Å². The van der Waals surface area contributed by atoms with E-state index in [1.165, 1.54) is 12.0 Å². The van der Waals surface area contributed by atoms with Crippen molar-refractivity contribution in [2.24, 2.45) is 0 Å². The lowest BCUT2D eigenvalue weighted by molar-refractivity contribution is -0.127. The molecule has 0 atom stereocenters. The number of nitrogens with zero attached hydrogens (tertiary/aromatic N) is 2. The van der Waals surface area contributed by atoms with Gasteiger partial charge in [-0.05, 0) is 25.0 Å². The van der Waals surface area contributed by atoms with E-state index in [0.29, 0.717) is 43.1 Å². The molecule has 2 saturated heterocycles. The van der Waals surface area contributed by atoms with Crippen molar-refractivity contribution < 1.29 is 23.9 Å². The SMILES string of the molecule is COc1ccc(NC(=O)N2CCC(N3C(=O)CNC3=O)CC2)c(OC)c1. The molecule has 1 aromatic carbocycles. The molecule has 2 aliphatic heterocycles. The van der Waals surface area contributed by atoms with Crippen LogP contribution in [-0.4, -0.2) is 67.7 Å². The summed E-state index contributed by atoms with van der Waals surface area (Å²) in [5.41, 5.74) is 0.550. The van der Waals surface area contributed by atoms with E-state index < -0.39 is 0 Å². The molecule has 3 rings (SSSR count). The van der Waals surface area contributed by atoms with Gasteiger partial charge in [0.1, 0.15) is 11.5 Å². The molecule has 2 N–H and O–H groups in total. The normalized spacial score (nSPS) is 17.9. The Hall–Kier alpha value is -2.97. The van der Waals surface area contributed by atoms with Gasteiger partial charge in [-0.2, -0.15) is 0 Å². The molecule has 0 aliphatic carbocycles. The van der Waals surface area contributed by atoms with Gasteiger partial charge in [-0.15, -0.1) is 0 Å². The zero-order chi connectivity index (χ0) is 18.7. The quantitative estimate of drug-likeness (QED) is 0.785. The van der Waals surface area contributed by atoms with Gasteiger partial charge in [-0.3, -0.25) is 9.69 Å². The first-order valence-electron chi connectivity index (χ1n) is 8.41. The molecule has 1 aromatic rings. The lowest BCUT2D eigenvalue weighted by atomic mass is 10.0. The number of urea groups is 2. The Morgan fingerprint density at radius 1 is 1.19 bits per heavy atom. The average molecular weight is 362 g/mol. The van der Waals surface area contributed by atoms with Gasteiger partial charge in [-0.25, -0.2) is 9.59 Å². The van der Waals surface area contributed by atoms with Crippen LogP contribution >= 0.6 is 0 Å². The molecule has 2 aliphatic rings. The number of imide groups is 1. The number of piperidine rings is 1. The number of anilines is 1. The summed E-state index contributed by atoms with van der Waals surface area (Å²) >= 11 is 0. The van der Waals surface area contributed by atoms with E-state index in [0.717, 1.165) is 0 Å². The van der Waals surface area contributed by atoms with E-state index in [1.54, 1.807) is 30.2 Å². The molecule has 0 radical (unpaired) electrons. The first-order chi connectivity index (χ1) is 12.5. The van der Waals surface area contributed by atoms with E-state index in [2.05, 4.69) is 10.6 Å². The number of nitrogens with one attached hydrogen (secondary N) is 2. The summed E-state index contributed by atoms with van der Waals surface area (Å²) < 4.78 is 10.4. The smallest absolute Gasteiger partial charge is 0.324 e. The molecule has 2 fully saturated rings. The molecule has 0 aromatic heterocycles. The van der Waals surface area contributed by atoms with Crippen molar-refractivity contribution in [2.75, 3.05) is 39.2 Å². The number of hydrogen-bond donors (Lipinski definition) is 2. The molecule has 0 unspecified atom stereocenters. The second-order valence-electron chi connectivity index (χ2n) is 6.14. The Morgan fingerprint density at radius 3 is 2.50 bits per heavy atom. The van der Waals surface area contributed by atoms with Crippen LogP contribution in [-0.2, 0) is 4.79 Å². The fourth-order valence-corrected chi connectivity index (χ4v) is 3.23. The van der Waals surface area contributed by atoms with Gasteiger partial charge < -0.3 is 25.0 Å². The van der Waals surface area contributed by atoms with Crippen LogP contribution in [0.3, 0.4) is 0 Å². The fraction of sp³-hybridized carbons (Fsp3) is 0.471. The minimum atomic E-state index is -0.346. The Labute approximate surface area is 151 Å². The van der Waals surface area contributed by atoms with Crippen molar-refractivity contribution in [3.63, 3.8) is 0 Å². The van der Waals surface area contributed by atoms with E-state index in [4.69, 9.17) is 9.47 Å². The third-order valence-electron chi connectivity index (χ3n) is 4.65. The van der Waals surface area contributed by atoms with Crippen molar-refractivity contribution in [1.82, 2.24) is 15.1 Å². The number of carbonyl (C=O) groups is 3. The zero-order valence-electron chi connectivity index (χ0n) is 14.8. The molecule has 9 nitrogen and oxygen atoms in total. The van der Waals surface area contributed by atoms with Crippen molar-refractivity contribution in [3.05, 3.63) is 18.2 Å². The van der Waals surface area contributed by atoms with Crippen LogP contribution in [0, 0.1) is 0 Å². The van der Waals surface area contributed by atoms with Crippen LogP contribution in [0.15, 0.2) is 18.2 Å². The standard InChI is InChI=1S/C17H22N4O5/c1-25-12-3-4-13(14(9-12)26-2)19-17(24)20-7-5-11(6-8-20)21-15(22)10-18-16(21)23/h3-4,9,11H,5-8,10H2,1-2H3,(H,18,23)(H,19,24). The van der Waals surface area contributed by atoms with Gasteiger partial charge in [-0.1, -0.05) is 0 Å². The summed E-state index contributed by atoms with van der Waals surface area (Å²) in [7, 11) is 3.08. The minimum absolute atomic E-state index is 0.0524. The average Bonchev–Trinajstić information content (AvgIpc) is 3.00. The third kappa shape index (κ3) is 3.51. The molecular weight excluding hydrogens is 340 g/mol. The third-order valence-corrected chi connectivity index (χ3v) is 4.65. The van der Waals surface area contributed by atoms with Crippen LogP contribution < -0.4 is 20.1 Å². The van der Waals surface area contributed by atoms with Crippen molar-refractivity contribution in [3.8, 4) is 11.5 Å². The maximum Gasteiger partial charge on any atom is 0.324 e. The van der Waals surface area contributed by atoms with Gasteiger partial charge in [0.15, 0.2) is 0 Å². The van der Waals surface area contributed by atoms with E-state index in [1.807, 2.05) is 0 Å². The van der Waals surface area contributed by atoms with Gasteiger partial charge in [0.25, 0.3) is 0 Å². The lowest BCUT2D eigenvalue weighted by Gasteiger charge is -2.35. The molecule has 0 saturated carbocycles. The maximum absolute atomic E-state index is 12.5.